The Morgan fingerprint density at radius 3 is 2.80 bits per heavy atom. The van der Waals surface area contributed by atoms with Crippen LogP contribution in [0.2, 0.25) is 0 Å². The van der Waals surface area contributed by atoms with Crippen LogP contribution in [0.4, 0.5) is 11.5 Å². The van der Waals surface area contributed by atoms with Crippen molar-refractivity contribution < 1.29 is 14.5 Å². The van der Waals surface area contributed by atoms with Crippen LogP contribution in [0.3, 0.4) is 0 Å². The van der Waals surface area contributed by atoms with Gasteiger partial charge < -0.3 is 9.64 Å². The highest BCUT2D eigenvalue weighted by atomic mass is 16.6. The summed E-state index contributed by atoms with van der Waals surface area (Å²) in [5.74, 6) is 0.227. The van der Waals surface area contributed by atoms with Crippen molar-refractivity contribution in [1.82, 2.24) is 4.98 Å². The molecule has 7 nitrogen and oxygen atoms in total. The molecule has 1 heterocycles. The first-order valence-electron chi connectivity index (χ1n) is 6.46. The molecule has 0 unspecified atom stereocenters. The number of methoxy groups -OCH3 is 1. The van der Waals surface area contributed by atoms with Crippen molar-refractivity contribution in [1.29, 1.82) is 0 Å². The summed E-state index contributed by atoms with van der Waals surface area (Å²) in [7, 11) is 3.01. The molecule has 0 N–H and O–H groups in total. The largest absolute Gasteiger partial charge is 0.465 e. The van der Waals surface area contributed by atoms with Crippen molar-refractivity contribution in [2.24, 2.45) is 5.92 Å². The molecular weight excluding hydrogens is 262 g/mol. The lowest BCUT2D eigenvalue weighted by Crippen LogP contribution is -2.30. The number of carbonyl (C=O) groups excluding carboxylic acids is 1. The van der Waals surface area contributed by atoms with Crippen LogP contribution in [0.5, 0.6) is 0 Å². The monoisotopic (exact) mass is 279 g/mol. The minimum atomic E-state index is -0.631. The molecule has 0 aliphatic heterocycles. The van der Waals surface area contributed by atoms with Crippen LogP contribution in [0.15, 0.2) is 12.3 Å². The van der Waals surface area contributed by atoms with Gasteiger partial charge in [-0.3, -0.25) is 10.1 Å². The third-order valence-corrected chi connectivity index (χ3v) is 3.58. The molecule has 1 aliphatic carbocycles. The Morgan fingerprint density at radius 2 is 2.30 bits per heavy atom. The number of nitrogens with zero attached hydrogens (tertiary/aromatic N) is 3. The number of esters is 1. The highest BCUT2D eigenvalue weighted by molar-refractivity contribution is 5.90. The van der Waals surface area contributed by atoms with Crippen molar-refractivity contribution >= 4 is 17.5 Å². The van der Waals surface area contributed by atoms with E-state index in [1.54, 1.807) is 11.9 Å². The van der Waals surface area contributed by atoms with E-state index in [4.69, 9.17) is 0 Å². The van der Waals surface area contributed by atoms with Crippen molar-refractivity contribution in [3.63, 3.8) is 0 Å². The summed E-state index contributed by atoms with van der Waals surface area (Å²) < 4.78 is 4.55. The molecule has 2 rings (SSSR count). The molecule has 1 saturated carbocycles. The smallest absolute Gasteiger partial charge is 0.339 e. The average Bonchev–Trinajstić information content (AvgIpc) is 2.40. The predicted molar refractivity (Wildman–Crippen MR) is 72.8 cm³/mol. The molecule has 1 aromatic rings. The van der Waals surface area contributed by atoms with Crippen molar-refractivity contribution in [3.05, 3.63) is 27.9 Å². The quantitative estimate of drug-likeness (QED) is 0.465. The minimum Gasteiger partial charge on any atom is -0.465 e. The second-order valence-electron chi connectivity index (χ2n) is 4.99. The maximum atomic E-state index is 11.4. The van der Waals surface area contributed by atoms with Gasteiger partial charge >= 0.3 is 11.7 Å². The lowest BCUT2D eigenvalue weighted by atomic mass is 9.85. The zero-order valence-corrected chi connectivity index (χ0v) is 11.5. The third kappa shape index (κ3) is 2.87. The van der Waals surface area contributed by atoms with E-state index in [1.807, 2.05) is 0 Å². The molecule has 0 atom stereocenters. The number of anilines is 1. The summed E-state index contributed by atoms with van der Waals surface area (Å²) in [5, 5.41) is 11.1. The molecule has 20 heavy (non-hydrogen) atoms. The number of aromatic nitrogens is 1. The summed E-state index contributed by atoms with van der Waals surface area (Å²) in [4.78, 5) is 27.9. The number of rotatable bonds is 5. The van der Waals surface area contributed by atoms with Crippen LogP contribution in [-0.4, -0.2) is 36.6 Å². The molecule has 1 aliphatic rings. The first kappa shape index (κ1) is 14.2. The summed E-state index contributed by atoms with van der Waals surface area (Å²) in [5.41, 5.74) is -0.0882. The van der Waals surface area contributed by atoms with Gasteiger partial charge in [0.25, 0.3) is 0 Å². The molecular formula is C13H17N3O4. The number of ether oxygens (including phenoxy) is 1. The molecule has 0 amide bonds. The molecule has 108 valence electrons. The first-order valence-corrected chi connectivity index (χ1v) is 6.46. The summed E-state index contributed by atoms with van der Waals surface area (Å²) in [6.07, 6.45) is 4.83. The Labute approximate surface area is 116 Å². The zero-order valence-electron chi connectivity index (χ0n) is 11.5. The third-order valence-electron chi connectivity index (χ3n) is 3.58. The van der Waals surface area contributed by atoms with Crippen molar-refractivity contribution in [2.75, 3.05) is 25.6 Å². The Hall–Kier alpha value is -2.18. The van der Waals surface area contributed by atoms with Gasteiger partial charge in [-0.2, -0.15) is 0 Å². The van der Waals surface area contributed by atoms with Gasteiger partial charge in [-0.25, -0.2) is 9.78 Å². The summed E-state index contributed by atoms with van der Waals surface area (Å²) in [6.45, 7) is 0.741. The van der Waals surface area contributed by atoms with Crippen LogP contribution in [0.1, 0.15) is 29.6 Å². The van der Waals surface area contributed by atoms with E-state index in [-0.39, 0.29) is 17.1 Å². The van der Waals surface area contributed by atoms with Gasteiger partial charge in [0.2, 0.25) is 5.82 Å². The molecule has 0 aromatic carbocycles. The molecule has 0 bridgehead atoms. The second-order valence-corrected chi connectivity index (χ2v) is 4.99. The van der Waals surface area contributed by atoms with Gasteiger partial charge in [-0.15, -0.1) is 0 Å². The van der Waals surface area contributed by atoms with Gasteiger partial charge in [0.1, 0.15) is 0 Å². The molecule has 0 saturated heterocycles. The van der Waals surface area contributed by atoms with Crippen LogP contribution in [0.25, 0.3) is 0 Å². The Kier molecular flexibility index (Phi) is 4.16. The van der Waals surface area contributed by atoms with Crippen LogP contribution < -0.4 is 4.90 Å². The second kappa shape index (κ2) is 5.85. The molecule has 1 fully saturated rings. The lowest BCUT2D eigenvalue weighted by molar-refractivity contribution is -0.384. The number of hydrogen-bond donors (Lipinski definition) is 0. The number of nitro groups is 1. The predicted octanol–water partition coefficient (Wildman–Crippen LogP) is 2.01. The topological polar surface area (TPSA) is 85.6 Å². The van der Waals surface area contributed by atoms with Gasteiger partial charge in [0, 0.05) is 25.9 Å². The van der Waals surface area contributed by atoms with E-state index < -0.39 is 10.9 Å². The highest BCUT2D eigenvalue weighted by Gasteiger charge is 2.25. The van der Waals surface area contributed by atoms with E-state index in [0.717, 1.165) is 19.4 Å². The Morgan fingerprint density at radius 1 is 1.60 bits per heavy atom. The van der Waals surface area contributed by atoms with Gasteiger partial charge in [-0.1, -0.05) is 6.42 Å². The van der Waals surface area contributed by atoms with E-state index in [1.165, 1.54) is 25.8 Å². The number of pyridine rings is 1. The molecule has 1 aromatic heterocycles. The first-order chi connectivity index (χ1) is 9.52. The van der Waals surface area contributed by atoms with Gasteiger partial charge in [0.05, 0.1) is 17.6 Å². The van der Waals surface area contributed by atoms with Gasteiger partial charge in [0.15, 0.2) is 0 Å². The summed E-state index contributed by atoms with van der Waals surface area (Å²) >= 11 is 0. The maximum Gasteiger partial charge on any atom is 0.339 e. The maximum absolute atomic E-state index is 11.4. The van der Waals surface area contributed by atoms with Crippen LogP contribution in [-0.2, 0) is 4.74 Å². The van der Waals surface area contributed by atoms with E-state index in [2.05, 4.69) is 9.72 Å². The van der Waals surface area contributed by atoms with Crippen LogP contribution >= 0.6 is 0 Å². The number of hydrogen-bond acceptors (Lipinski definition) is 6. The normalized spacial score (nSPS) is 14.5. The molecule has 0 spiro atoms. The number of carbonyl (C=O) groups is 1. The minimum absolute atomic E-state index is 0.0833. The van der Waals surface area contributed by atoms with Crippen molar-refractivity contribution in [3.8, 4) is 0 Å². The van der Waals surface area contributed by atoms with E-state index in [9.17, 15) is 14.9 Å². The van der Waals surface area contributed by atoms with Crippen LogP contribution in [0, 0.1) is 16.0 Å². The fourth-order valence-electron chi connectivity index (χ4n) is 2.25. The van der Waals surface area contributed by atoms with Gasteiger partial charge in [-0.05, 0) is 18.8 Å². The molecule has 7 heteroatoms. The van der Waals surface area contributed by atoms with Crippen molar-refractivity contribution in [2.45, 2.75) is 19.3 Å². The highest BCUT2D eigenvalue weighted by Crippen LogP contribution is 2.31. The lowest BCUT2D eigenvalue weighted by Gasteiger charge is -2.30. The fraction of sp³-hybridized carbons (Fsp3) is 0.538. The standard InChI is InChI=1S/C13H17N3O4/c1-15(8-9-4-3-5-9)12-11(16(18)19)6-10(7-14-12)13(17)20-2/h6-7,9H,3-5,8H2,1-2H3. The van der Waals surface area contributed by atoms with E-state index >= 15 is 0 Å². The summed E-state index contributed by atoms with van der Waals surface area (Å²) in [6, 6.07) is 1.21. The fourth-order valence-corrected chi connectivity index (χ4v) is 2.25. The Bertz CT molecular complexity index is 528. The average molecular weight is 279 g/mol. The Balaban J connectivity index is 2.26. The zero-order chi connectivity index (χ0) is 14.7. The SMILES string of the molecule is COC(=O)c1cnc(N(C)CC2CCC2)c([N+](=O)[O-])c1. The van der Waals surface area contributed by atoms with E-state index in [0.29, 0.717) is 5.92 Å². The molecule has 0 radical (unpaired) electrons.